The van der Waals surface area contributed by atoms with E-state index in [1.54, 1.807) is 11.3 Å². The van der Waals surface area contributed by atoms with Gasteiger partial charge in [0.25, 0.3) is 0 Å². The van der Waals surface area contributed by atoms with Crippen molar-refractivity contribution >= 4 is 38.3 Å². The fraction of sp³-hybridized carbons (Fsp3) is 0.400. The van der Waals surface area contributed by atoms with Crippen LogP contribution in [0.2, 0.25) is 0 Å². The molecular formula is C10H11BrN2S. The Labute approximate surface area is 95.5 Å². The molecule has 0 saturated heterocycles. The highest BCUT2D eigenvalue weighted by Crippen LogP contribution is 2.28. The summed E-state index contributed by atoms with van der Waals surface area (Å²) in [6.45, 7) is 4.24. The molecule has 0 aliphatic rings. The minimum atomic E-state index is 0.953. The van der Waals surface area contributed by atoms with E-state index in [-0.39, 0.29) is 0 Å². The van der Waals surface area contributed by atoms with Gasteiger partial charge < -0.3 is 0 Å². The van der Waals surface area contributed by atoms with E-state index in [0.717, 1.165) is 39.0 Å². The number of aryl methyl sites for hydroxylation is 2. The number of hydrogen-bond donors (Lipinski definition) is 0. The molecular weight excluding hydrogens is 260 g/mol. The summed E-state index contributed by atoms with van der Waals surface area (Å²) in [5.41, 5.74) is 4.27. The van der Waals surface area contributed by atoms with Crippen molar-refractivity contribution in [2.45, 2.75) is 26.7 Å². The summed E-state index contributed by atoms with van der Waals surface area (Å²) in [7, 11) is 0. The van der Waals surface area contributed by atoms with Crippen molar-refractivity contribution in [1.82, 2.24) is 9.97 Å². The summed E-state index contributed by atoms with van der Waals surface area (Å²) in [6, 6.07) is 0. The first kappa shape index (κ1) is 10.1. The maximum atomic E-state index is 4.63. The Kier molecular flexibility index (Phi) is 2.83. The molecule has 2 heterocycles. The fourth-order valence-corrected chi connectivity index (χ4v) is 2.69. The highest BCUT2D eigenvalue weighted by molar-refractivity contribution is 9.11. The van der Waals surface area contributed by atoms with Gasteiger partial charge in [0.1, 0.15) is 11.0 Å². The number of halogens is 1. The molecule has 0 atom stereocenters. The van der Waals surface area contributed by atoms with Gasteiger partial charge in [-0.25, -0.2) is 9.97 Å². The predicted octanol–water partition coefficient (Wildman–Crippen LogP) is 3.58. The van der Waals surface area contributed by atoms with Crippen LogP contribution in [0.15, 0.2) is 9.17 Å². The highest BCUT2D eigenvalue weighted by Gasteiger charge is 2.09. The molecule has 0 amide bonds. The summed E-state index contributed by atoms with van der Waals surface area (Å²) in [4.78, 5) is 9.23. The number of rotatable bonds is 2. The largest absolute Gasteiger partial charge is 0.248 e. The molecule has 0 spiro atoms. The Bertz CT molecular complexity index is 464. The quantitative estimate of drug-likeness (QED) is 0.834. The van der Waals surface area contributed by atoms with E-state index < -0.39 is 0 Å². The molecule has 0 bridgehead atoms. The molecule has 2 aromatic rings. The molecule has 14 heavy (non-hydrogen) atoms. The molecule has 2 nitrogen and oxygen atoms in total. The lowest BCUT2D eigenvalue weighted by Gasteiger charge is -2.03. The van der Waals surface area contributed by atoms with E-state index >= 15 is 0 Å². The van der Waals surface area contributed by atoms with Crippen LogP contribution in [0.3, 0.4) is 0 Å². The zero-order valence-electron chi connectivity index (χ0n) is 8.17. The first-order valence-corrected chi connectivity index (χ1v) is 6.36. The van der Waals surface area contributed by atoms with Crippen molar-refractivity contribution in [3.63, 3.8) is 0 Å². The number of hydrogen-bond acceptors (Lipinski definition) is 3. The third kappa shape index (κ3) is 1.57. The Morgan fingerprint density at radius 2 is 1.86 bits per heavy atom. The average molecular weight is 271 g/mol. The van der Waals surface area contributed by atoms with Gasteiger partial charge in [-0.1, -0.05) is 13.8 Å². The van der Waals surface area contributed by atoms with E-state index in [0.29, 0.717) is 0 Å². The lowest BCUT2D eigenvalue weighted by atomic mass is 10.2. The van der Waals surface area contributed by atoms with Gasteiger partial charge in [-0.2, -0.15) is 0 Å². The van der Waals surface area contributed by atoms with Crippen LogP contribution in [0, 0.1) is 0 Å². The van der Waals surface area contributed by atoms with Gasteiger partial charge in [-0.05, 0) is 28.8 Å². The van der Waals surface area contributed by atoms with E-state index in [4.69, 9.17) is 0 Å². The summed E-state index contributed by atoms with van der Waals surface area (Å²) in [5, 5.41) is 2.05. The van der Waals surface area contributed by atoms with Gasteiger partial charge in [-0.3, -0.25) is 0 Å². The van der Waals surface area contributed by atoms with Crippen LogP contribution in [0.25, 0.3) is 11.0 Å². The van der Waals surface area contributed by atoms with Gasteiger partial charge >= 0.3 is 0 Å². The molecule has 74 valence electrons. The fourth-order valence-electron chi connectivity index (χ4n) is 1.48. The lowest BCUT2D eigenvalue weighted by molar-refractivity contribution is 0.931. The molecule has 0 aliphatic carbocycles. The molecule has 2 aromatic heterocycles. The van der Waals surface area contributed by atoms with Gasteiger partial charge in [0.05, 0.1) is 15.2 Å². The third-order valence-corrected chi connectivity index (χ3v) is 3.89. The first-order chi connectivity index (χ1) is 6.76. The molecule has 2 rings (SSSR count). The van der Waals surface area contributed by atoms with Crippen LogP contribution in [-0.4, -0.2) is 9.97 Å². The van der Waals surface area contributed by atoms with Crippen molar-refractivity contribution < 1.29 is 0 Å². The molecule has 0 aromatic carbocycles. The SMILES string of the molecule is CCc1nc2csc(Br)c2nc1CC. The van der Waals surface area contributed by atoms with Crippen molar-refractivity contribution in [3.8, 4) is 0 Å². The first-order valence-electron chi connectivity index (χ1n) is 4.68. The molecule has 0 radical (unpaired) electrons. The van der Waals surface area contributed by atoms with E-state index in [1.165, 1.54) is 0 Å². The normalized spacial score (nSPS) is 11.1. The van der Waals surface area contributed by atoms with Crippen molar-refractivity contribution in [3.05, 3.63) is 20.6 Å². The Balaban J connectivity index is 2.71. The molecule has 0 fully saturated rings. The molecule has 0 saturated carbocycles. The highest BCUT2D eigenvalue weighted by atomic mass is 79.9. The van der Waals surface area contributed by atoms with Crippen LogP contribution >= 0.6 is 27.3 Å². The lowest BCUT2D eigenvalue weighted by Crippen LogP contribution is -1.98. The van der Waals surface area contributed by atoms with Crippen molar-refractivity contribution in [1.29, 1.82) is 0 Å². The zero-order chi connectivity index (χ0) is 10.1. The van der Waals surface area contributed by atoms with Crippen LogP contribution in [0.1, 0.15) is 25.2 Å². The zero-order valence-corrected chi connectivity index (χ0v) is 10.6. The van der Waals surface area contributed by atoms with Gasteiger partial charge in [-0.15, -0.1) is 11.3 Å². The second-order valence-corrected chi connectivity index (χ2v) is 5.26. The van der Waals surface area contributed by atoms with Gasteiger partial charge in [0.2, 0.25) is 0 Å². The standard InChI is InChI=1S/C10H11BrN2S/c1-3-6-7(4-2)13-9-8(12-6)5-14-10(9)11/h5H,3-4H2,1-2H3. The number of fused-ring (bicyclic) bond motifs is 1. The summed E-state index contributed by atoms with van der Waals surface area (Å²) in [6.07, 6.45) is 1.91. The molecule has 0 aliphatic heterocycles. The van der Waals surface area contributed by atoms with Gasteiger partial charge in [0, 0.05) is 5.38 Å². The summed E-state index contributed by atoms with van der Waals surface area (Å²) < 4.78 is 1.08. The third-order valence-electron chi connectivity index (χ3n) is 2.21. The number of thiophene rings is 1. The average Bonchev–Trinajstić information content (AvgIpc) is 2.58. The smallest absolute Gasteiger partial charge is 0.114 e. The van der Waals surface area contributed by atoms with E-state index in [9.17, 15) is 0 Å². The second-order valence-electron chi connectivity index (χ2n) is 3.07. The van der Waals surface area contributed by atoms with Crippen molar-refractivity contribution in [2.24, 2.45) is 0 Å². The maximum absolute atomic E-state index is 4.63. The number of nitrogens with zero attached hydrogens (tertiary/aromatic N) is 2. The monoisotopic (exact) mass is 270 g/mol. The topological polar surface area (TPSA) is 25.8 Å². The Morgan fingerprint density at radius 3 is 2.50 bits per heavy atom. The summed E-state index contributed by atoms with van der Waals surface area (Å²) in [5.74, 6) is 0. The second kappa shape index (κ2) is 3.95. The Morgan fingerprint density at radius 1 is 1.21 bits per heavy atom. The van der Waals surface area contributed by atoms with Crippen LogP contribution in [0.5, 0.6) is 0 Å². The molecule has 4 heteroatoms. The Hall–Kier alpha value is -0.480. The van der Waals surface area contributed by atoms with Crippen LogP contribution in [0.4, 0.5) is 0 Å². The number of aromatic nitrogens is 2. The van der Waals surface area contributed by atoms with Crippen LogP contribution in [-0.2, 0) is 12.8 Å². The molecule has 0 N–H and O–H groups in total. The van der Waals surface area contributed by atoms with Crippen molar-refractivity contribution in [2.75, 3.05) is 0 Å². The van der Waals surface area contributed by atoms with Gasteiger partial charge in [0.15, 0.2) is 0 Å². The van der Waals surface area contributed by atoms with E-state index in [1.807, 2.05) is 5.38 Å². The van der Waals surface area contributed by atoms with Crippen LogP contribution < -0.4 is 0 Å². The molecule has 0 unspecified atom stereocenters. The maximum Gasteiger partial charge on any atom is 0.114 e. The minimum Gasteiger partial charge on any atom is -0.248 e. The predicted molar refractivity (Wildman–Crippen MR) is 63.9 cm³/mol. The van der Waals surface area contributed by atoms with E-state index in [2.05, 4.69) is 39.7 Å². The minimum absolute atomic E-state index is 0.953. The summed E-state index contributed by atoms with van der Waals surface area (Å²) >= 11 is 5.14.